The van der Waals surface area contributed by atoms with Crippen molar-refractivity contribution in [1.29, 1.82) is 0 Å². The van der Waals surface area contributed by atoms with Crippen LogP contribution in [0.4, 0.5) is 11.4 Å². The number of rotatable bonds is 7. The molecule has 0 bridgehead atoms. The first-order chi connectivity index (χ1) is 15.5. The molecule has 32 heavy (non-hydrogen) atoms. The molecule has 0 fully saturated rings. The van der Waals surface area contributed by atoms with E-state index in [1.54, 1.807) is 66.7 Å². The molecule has 0 aromatic heterocycles. The molecule has 0 saturated heterocycles. The summed E-state index contributed by atoms with van der Waals surface area (Å²) in [6.45, 7) is 2.35. The zero-order valence-corrected chi connectivity index (χ0v) is 18.5. The van der Waals surface area contributed by atoms with Crippen molar-refractivity contribution in [2.75, 3.05) is 24.4 Å². The monoisotopic (exact) mass is 449 g/mol. The molecule has 3 aromatic rings. The molecule has 8 heteroatoms. The lowest BCUT2D eigenvalue weighted by molar-refractivity contribution is 0.0976. The molecule has 3 N–H and O–H groups in total. The number of hydrogen-bond acceptors (Lipinski definition) is 5. The number of methoxy groups -OCH3 is 1. The van der Waals surface area contributed by atoms with E-state index in [2.05, 4.69) is 16.0 Å². The maximum Gasteiger partial charge on any atom is 0.257 e. The number of carbonyl (C=O) groups excluding carboxylic acids is 2. The van der Waals surface area contributed by atoms with Crippen molar-refractivity contribution < 1.29 is 19.1 Å². The number of thiocarbonyl (C=S) groups is 1. The fraction of sp³-hybridized carbons (Fsp3) is 0.125. The molecule has 0 unspecified atom stereocenters. The van der Waals surface area contributed by atoms with Gasteiger partial charge in [-0.05, 0) is 67.7 Å². The fourth-order valence-electron chi connectivity index (χ4n) is 2.89. The highest BCUT2D eigenvalue weighted by Crippen LogP contribution is 2.28. The summed E-state index contributed by atoms with van der Waals surface area (Å²) in [6, 6.07) is 20.8. The van der Waals surface area contributed by atoms with Crippen LogP contribution in [0.1, 0.15) is 27.6 Å². The van der Waals surface area contributed by atoms with Crippen molar-refractivity contribution in [3.8, 4) is 11.5 Å². The van der Waals surface area contributed by atoms with Gasteiger partial charge in [0.1, 0.15) is 0 Å². The summed E-state index contributed by atoms with van der Waals surface area (Å²) in [5.74, 6) is 0.405. The Kier molecular flexibility index (Phi) is 7.77. The van der Waals surface area contributed by atoms with Crippen LogP contribution < -0.4 is 25.4 Å². The Balaban J connectivity index is 1.62. The van der Waals surface area contributed by atoms with Gasteiger partial charge < -0.3 is 20.1 Å². The molecule has 0 saturated carbocycles. The van der Waals surface area contributed by atoms with E-state index in [4.69, 9.17) is 21.7 Å². The maximum absolute atomic E-state index is 12.6. The third-order valence-corrected chi connectivity index (χ3v) is 4.57. The standard InChI is InChI=1S/C24H23N3O4S/c1-3-31-20-13-12-17(14-21(20)30-2)23(29)27-24(32)26-19-11-7-10-18(15-19)25-22(28)16-8-5-4-6-9-16/h4-15H,3H2,1-2H3,(H,25,28)(H2,26,27,29,32). The Bertz CT molecular complexity index is 1120. The van der Waals surface area contributed by atoms with Crippen LogP contribution in [0.25, 0.3) is 0 Å². The average molecular weight is 450 g/mol. The molecule has 0 radical (unpaired) electrons. The lowest BCUT2D eigenvalue weighted by Gasteiger charge is -2.13. The minimum atomic E-state index is -0.391. The number of ether oxygens (including phenoxy) is 2. The van der Waals surface area contributed by atoms with E-state index in [1.165, 1.54) is 7.11 Å². The van der Waals surface area contributed by atoms with Crippen molar-refractivity contribution >= 4 is 40.5 Å². The zero-order chi connectivity index (χ0) is 22.9. The molecule has 0 aliphatic carbocycles. The molecule has 0 spiro atoms. The van der Waals surface area contributed by atoms with Crippen LogP contribution in [-0.2, 0) is 0 Å². The summed E-state index contributed by atoms with van der Waals surface area (Å²) in [4.78, 5) is 24.9. The number of anilines is 2. The first-order valence-corrected chi connectivity index (χ1v) is 10.3. The van der Waals surface area contributed by atoms with Crippen molar-refractivity contribution in [2.24, 2.45) is 0 Å². The lowest BCUT2D eigenvalue weighted by Crippen LogP contribution is -2.34. The van der Waals surface area contributed by atoms with Crippen LogP contribution >= 0.6 is 12.2 Å². The Hall–Kier alpha value is -3.91. The number of hydrogen-bond donors (Lipinski definition) is 3. The topological polar surface area (TPSA) is 88.7 Å². The Morgan fingerprint density at radius 2 is 1.53 bits per heavy atom. The second-order valence-electron chi connectivity index (χ2n) is 6.61. The van der Waals surface area contributed by atoms with E-state index in [0.29, 0.717) is 40.6 Å². The number of nitrogens with one attached hydrogen (secondary N) is 3. The van der Waals surface area contributed by atoms with Crippen molar-refractivity contribution in [1.82, 2.24) is 5.32 Å². The van der Waals surface area contributed by atoms with Gasteiger partial charge in [0.05, 0.1) is 13.7 Å². The van der Waals surface area contributed by atoms with E-state index in [1.807, 2.05) is 13.0 Å². The minimum absolute atomic E-state index is 0.120. The van der Waals surface area contributed by atoms with E-state index in [0.717, 1.165) is 0 Å². The van der Waals surface area contributed by atoms with Crippen molar-refractivity contribution in [3.05, 3.63) is 83.9 Å². The second kappa shape index (κ2) is 10.9. The van der Waals surface area contributed by atoms with E-state index >= 15 is 0 Å². The van der Waals surface area contributed by atoms with Crippen LogP contribution in [0.15, 0.2) is 72.8 Å². The van der Waals surface area contributed by atoms with Crippen molar-refractivity contribution in [2.45, 2.75) is 6.92 Å². The molecule has 0 atom stereocenters. The largest absolute Gasteiger partial charge is 0.493 e. The van der Waals surface area contributed by atoms with E-state index < -0.39 is 5.91 Å². The Labute approximate surface area is 191 Å². The summed E-state index contributed by atoms with van der Waals surface area (Å²) in [7, 11) is 1.51. The van der Waals surface area contributed by atoms with Gasteiger partial charge in [0.2, 0.25) is 0 Å². The van der Waals surface area contributed by atoms with Crippen LogP contribution in [-0.4, -0.2) is 30.6 Å². The quantitative estimate of drug-likeness (QED) is 0.461. The van der Waals surface area contributed by atoms with Crippen molar-refractivity contribution in [3.63, 3.8) is 0 Å². The lowest BCUT2D eigenvalue weighted by atomic mass is 10.2. The smallest absolute Gasteiger partial charge is 0.257 e. The summed E-state index contributed by atoms with van der Waals surface area (Å²) in [5, 5.41) is 8.53. The maximum atomic E-state index is 12.6. The highest BCUT2D eigenvalue weighted by atomic mass is 32.1. The van der Waals surface area contributed by atoms with Gasteiger partial charge >= 0.3 is 0 Å². The predicted molar refractivity (Wildman–Crippen MR) is 129 cm³/mol. The molecule has 2 amide bonds. The second-order valence-corrected chi connectivity index (χ2v) is 7.02. The highest BCUT2D eigenvalue weighted by molar-refractivity contribution is 7.80. The third-order valence-electron chi connectivity index (χ3n) is 4.37. The summed E-state index contributed by atoms with van der Waals surface area (Å²) >= 11 is 5.26. The molecule has 0 aliphatic heterocycles. The van der Waals surface area contributed by atoms with Gasteiger partial charge in [-0.2, -0.15) is 0 Å². The van der Waals surface area contributed by atoms with Gasteiger partial charge in [0, 0.05) is 22.5 Å². The molecule has 0 heterocycles. The van der Waals surface area contributed by atoms with Gasteiger partial charge in [-0.25, -0.2) is 0 Å². The average Bonchev–Trinajstić information content (AvgIpc) is 2.80. The Morgan fingerprint density at radius 1 is 0.812 bits per heavy atom. The van der Waals surface area contributed by atoms with Gasteiger partial charge in [-0.3, -0.25) is 14.9 Å². The van der Waals surface area contributed by atoms with Crippen LogP contribution in [0, 0.1) is 0 Å². The van der Waals surface area contributed by atoms with Gasteiger partial charge in [-0.15, -0.1) is 0 Å². The Morgan fingerprint density at radius 3 is 2.22 bits per heavy atom. The molecule has 3 rings (SSSR count). The fourth-order valence-corrected chi connectivity index (χ4v) is 3.10. The molecule has 7 nitrogen and oxygen atoms in total. The predicted octanol–water partition coefficient (Wildman–Crippen LogP) is 4.47. The summed E-state index contributed by atoms with van der Waals surface area (Å²) < 4.78 is 10.7. The van der Waals surface area contributed by atoms with E-state index in [9.17, 15) is 9.59 Å². The van der Waals surface area contributed by atoms with E-state index in [-0.39, 0.29) is 11.0 Å². The number of carbonyl (C=O) groups is 2. The third kappa shape index (κ3) is 6.05. The van der Waals surface area contributed by atoms with Crippen LogP contribution in [0.3, 0.4) is 0 Å². The van der Waals surface area contributed by atoms with Gasteiger partial charge in [0.25, 0.3) is 11.8 Å². The molecule has 3 aromatic carbocycles. The number of amides is 2. The molecular formula is C24H23N3O4S. The molecule has 0 aliphatic rings. The first kappa shape index (κ1) is 22.8. The van der Waals surface area contributed by atoms with Crippen LogP contribution in [0.2, 0.25) is 0 Å². The van der Waals surface area contributed by atoms with Gasteiger partial charge in [0.15, 0.2) is 16.6 Å². The summed E-state index contributed by atoms with van der Waals surface area (Å²) in [6.07, 6.45) is 0. The molecule has 164 valence electrons. The SMILES string of the molecule is CCOc1ccc(C(=O)NC(=S)Nc2cccc(NC(=O)c3ccccc3)c2)cc1OC. The zero-order valence-electron chi connectivity index (χ0n) is 17.7. The normalized spacial score (nSPS) is 10.1. The highest BCUT2D eigenvalue weighted by Gasteiger charge is 2.13. The summed E-state index contributed by atoms with van der Waals surface area (Å²) in [5.41, 5.74) is 2.14. The van der Waals surface area contributed by atoms with Gasteiger partial charge in [-0.1, -0.05) is 24.3 Å². The number of benzene rings is 3. The minimum Gasteiger partial charge on any atom is -0.493 e. The molecular weight excluding hydrogens is 426 g/mol. The van der Waals surface area contributed by atoms with Crippen LogP contribution in [0.5, 0.6) is 11.5 Å². The first-order valence-electron chi connectivity index (χ1n) is 9.89.